The zero-order chi connectivity index (χ0) is 11.4. The van der Waals surface area contributed by atoms with Crippen LogP contribution in [0.1, 0.15) is 36.0 Å². The Morgan fingerprint density at radius 2 is 1.81 bits per heavy atom. The summed E-state index contributed by atoms with van der Waals surface area (Å²) in [6.07, 6.45) is 5.52. The van der Waals surface area contributed by atoms with Gasteiger partial charge >= 0.3 is 0 Å². The average Bonchev–Trinajstić information content (AvgIpc) is 2.57. The van der Waals surface area contributed by atoms with Crippen molar-refractivity contribution in [3.05, 3.63) is 29.6 Å². The van der Waals surface area contributed by atoms with Crippen molar-refractivity contribution < 1.29 is 9.18 Å². The van der Waals surface area contributed by atoms with Crippen LogP contribution in [0, 0.1) is 5.82 Å². The standard InChI is InChI=1S/C13H16FNO/c14-12-5-6-13(11(9-12)10-16)15-7-3-1-2-4-8-15/h5-6,9-10H,1-4,7-8H2. The number of carbonyl (C=O) groups is 1. The highest BCUT2D eigenvalue weighted by Crippen LogP contribution is 2.23. The molecule has 1 aliphatic rings. The molecule has 0 aromatic heterocycles. The van der Waals surface area contributed by atoms with E-state index in [9.17, 15) is 9.18 Å². The van der Waals surface area contributed by atoms with Crippen LogP contribution in [0.5, 0.6) is 0 Å². The molecule has 1 aliphatic heterocycles. The first-order valence-corrected chi connectivity index (χ1v) is 5.81. The van der Waals surface area contributed by atoms with Gasteiger partial charge in [-0.2, -0.15) is 0 Å². The number of hydrogen-bond acceptors (Lipinski definition) is 2. The van der Waals surface area contributed by atoms with Crippen molar-refractivity contribution in [2.24, 2.45) is 0 Å². The number of halogens is 1. The lowest BCUT2D eigenvalue weighted by Gasteiger charge is -2.24. The molecule has 86 valence electrons. The van der Waals surface area contributed by atoms with E-state index in [0.717, 1.165) is 37.9 Å². The quantitative estimate of drug-likeness (QED) is 0.715. The molecule has 0 aliphatic carbocycles. The minimum atomic E-state index is -0.347. The van der Waals surface area contributed by atoms with E-state index >= 15 is 0 Å². The van der Waals surface area contributed by atoms with Crippen LogP contribution in [0.2, 0.25) is 0 Å². The predicted octanol–water partition coefficient (Wildman–Crippen LogP) is 3.02. The van der Waals surface area contributed by atoms with Crippen molar-refractivity contribution >= 4 is 12.0 Å². The van der Waals surface area contributed by atoms with Crippen molar-refractivity contribution in [2.45, 2.75) is 25.7 Å². The Balaban J connectivity index is 2.26. The lowest BCUT2D eigenvalue weighted by atomic mass is 10.1. The fourth-order valence-electron chi connectivity index (χ4n) is 2.22. The molecule has 1 fully saturated rings. The molecule has 2 nitrogen and oxygen atoms in total. The van der Waals surface area contributed by atoms with E-state index in [0.29, 0.717) is 5.56 Å². The molecule has 2 rings (SSSR count). The molecule has 0 spiro atoms. The summed E-state index contributed by atoms with van der Waals surface area (Å²) in [5, 5.41) is 0. The molecule has 0 amide bonds. The highest BCUT2D eigenvalue weighted by Gasteiger charge is 2.13. The number of carbonyl (C=O) groups excluding carboxylic acids is 1. The average molecular weight is 221 g/mol. The topological polar surface area (TPSA) is 20.3 Å². The van der Waals surface area contributed by atoms with Crippen LogP contribution in [0.3, 0.4) is 0 Å². The first kappa shape index (κ1) is 11.1. The molecule has 0 bridgehead atoms. The van der Waals surface area contributed by atoms with Gasteiger partial charge < -0.3 is 4.90 Å². The van der Waals surface area contributed by atoms with Crippen LogP contribution in [-0.4, -0.2) is 19.4 Å². The summed E-state index contributed by atoms with van der Waals surface area (Å²) in [5.41, 5.74) is 1.33. The van der Waals surface area contributed by atoms with Gasteiger partial charge in [0.2, 0.25) is 0 Å². The molecule has 1 heterocycles. The second-order valence-corrected chi connectivity index (χ2v) is 4.22. The maximum Gasteiger partial charge on any atom is 0.152 e. The van der Waals surface area contributed by atoms with Gasteiger partial charge in [-0.1, -0.05) is 12.8 Å². The molecular formula is C13H16FNO. The Bertz CT molecular complexity index is 370. The van der Waals surface area contributed by atoms with Crippen molar-refractivity contribution in [1.82, 2.24) is 0 Å². The molecule has 16 heavy (non-hydrogen) atoms. The third-order valence-electron chi connectivity index (χ3n) is 3.06. The number of benzene rings is 1. The number of aldehydes is 1. The first-order chi connectivity index (χ1) is 7.81. The summed E-state index contributed by atoms with van der Waals surface area (Å²) in [5.74, 6) is -0.347. The lowest BCUT2D eigenvalue weighted by molar-refractivity contribution is 0.112. The molecule has 0 unspecified atom stereocenters. The van der Waals surface area contributed by atoms with Crippen LogP contribution >= 0.6 is 0 Å². The van der Waals surface area contributed by atoms with Crippen molar-refractivity contribution in [3.63, 3.8) is 0 Å². The van der Waals surface area contributed by atoms with E-state index in [2.05, 4.69) is 4.90 Å². The summed E-state index contributed by atoms with van der Waals surface area (Å²) >= 11 is 0. The number of nitrogens with zero attached hydrogens (tertiary/aromatic N) is 1. The zero-order valence-corrected chi connectivity index (χ0v) is 9.29. The van der Waals surface area contributed by atoms with E-state index in [4.69, 9.17) is 0 Å². The fourth-order valence-corrected chi connectivity index (χ4v) is 2.22. The number of anilines is 1. The van der Waals surface area contributed by atoms with E-state index in [1.54, 1.807) is 6.07 Å². The van der Waals surface area contributed by atoms with E-state index in [-0.39, 0.29) is 5.82 Å². The Labute approximate surface area is 95.1 Å². The summed E-state index contributed by atoms with van der Waals surface area (Å²) in [6.45, 7) is 1.93. The Morgan fingerprint density at radius 1 is 1.12 bits per heavy atom. The normalized spacial score (nSPS) is 16.9. The lowest BCUT2D eigenvalue weighted by Crippen LogP contribution is -2.25. The smallest absolute Gasteiger partial charge is 0.152 e. The summed E-state index contributed by atoms with van der Waals surface area (Å²) in [4.78, 5) is 13.1. The SMILES string of the molecule is O=Cc1cc(F)ccc1N1CCCCCC1. The Morgan fingerprint density at radius 3 is 2.44 bits per heavy atom. The fraction of sp³-hybridized carbons (Fsp3) is 0.462. The molecule has 0 radical (unpaired) electrons. The van der Waals surface area contributed by atoms with E-state index in [1.807, 2.05) is 0 Å². The van der Waals surface area contributed by atoms with Gasteiger partial charge in [-0.05, 0) is 31.0 Å². The molecule has 1 saturated heterocycles. The van der Waals surface area contributed by atoms with Gasteiger partial charge in [0.05, 0.1) is 0 Å². The van der Waals surface area contributed by atoms with Crippen LogP contribution in [0.25, 0.3) is 0 Å². The van der Waals surface area contributed by atoms with Crippen LogP contribution in [0.15, 0.2) is 18.2 Å². The Kier molecular flexibility index (Phi) is 3.54. The second kappa shape index (κ2) is 5.10. The van der Waals surface area contributed by atoms with Crippen molar-refractivity contribution in [3.8, 4) is 0 Å². The molecule has 0 N–H and O–H groups in total. The van der Waals surface area contributed by atoms with Crippen molar-refractivity contribution in [1.29, 1.82) is 0 Å². The second-order valence-electron chi connectivity index (χ2n) is 4.22. The maximum absolute atomic E-state index is 13.0. The monoisotopic (exact) mass is 221 g/mol. The molecule has 3 heteroatoms. The van der Waals surface area contributed by atoms with Gasteiger partial charge in [0, 0.05) is 24.3 Å². The first-order valence-electron chi connectivity index (χ1n) is 5.81. The summed E-state index contributed by atoms with van der Waals surface area (Å²) in [6, 6.07) is 4.45. The highest BCUT2D eigenvalue weighted by molar-refractivity contribution is 5.84. The largest absolute Gasteiger partial charge is 0.371 e. The van der Waals surface area contributed by atoms with Crippen LogP contribution < -0.4 is 4.90 Å². The van der Waals surface area contributed by atoms with E-state index in [1.165, 1.54) is 25.0 Å². The van der Waals surface area contributed by atoms with Gasteiger partial charge in [-0.25, -0.2) is 4.39 Å². The van der Waals surface area contributed by atoms with Crippen molar-refractivity contribution in [2.75, 3.05) is 18.0 Å². The summed E-state index contributed by atoms with van der Waals surface area (Å²) < 4.78 is 13.0. The van der Waals surface area contributed by atoms with Gasteiger partial charge in [-0.3, -0.25) is 4.79 Å². The van der Waals surface area contributed by atoms with Gasteiger partial charge in [0.15, 0.2) is 6.29 Å². The summed E-state index contributed by atoms with van der Waals surface area (Å²) in [7, 11) is 0. The molecule has 0 atom stereocenters. The van der Waals surface area contributed by atoms with Gasteiger partial charge in [0.1, 0.15) is 5.82 Å². The predicted molar refractivity (Wildman–Crippen MR) is 62.5 cm³/mol. The minimum absolute atomic E-state index is 0.347. The molecule has 1 aromatic rings. The Hall–Kier alpha value is -1.38. The third-order valence-corrected chi connectivity index (χ3v) is 3.06. The molecule has 1 aromatic carbocycles. The minimum Gasteiger partial charge on any atom is -0.371 e. The number of rotatable bonds is 2. The maximum atomic E-state index is 13.0. The van der Waals surface area contributed by atoms with Gasteiger partial charge in [0.25, 0.3) is 0 Å². The molecular weight excluding hydrogens is 205 g/mol. The highest BCUT2D eigenvalue weighted by atomic mass is 19.1. The zero-order valence-electron chi connectivity index (χ0n) is 9.29. The van der Waals surface area contributed by atoms with Gasteiger partial charge in [-0.15, -0.1) is 0 Å². The number of hydrogen-bond donors (Lipinski definition) is 0. The molecule has 0 saturated carbocycles. The van der Waals surface area contributed by atoms with Crippen LogP contribution in [0.4, 0.5) is 10.1 Å². The third kappa shape index (κ3) is 2.40. The van der Waals surface area contributed by atoms with Crippen LogP contribution in [-0.2, 0) is 0 Å². The van der Waals surface area contributed by atoms with E-state index < -0.39 is 0 Å².